The number of hydrogen-bond donors (Lipinski definition) is 0. The summed E-state index contributed by atoms with van der Waals surface area (Å²) < 4.78 is 85.9. The van der Waals surface area contributed by atoms with E-state index in [-0.39, 0.29) is 5.56 Å². The van der Waals surface area contributed by atoms with Crippen LogP contribution >= 0.6 is 0 Å². The van der Waals surface area contributed by atoms with Crippen LogP contribution < -0.4 is 0 Å². The Kier molecular flexibility index (Phi) is 4.16. The van der Waals surface area contributed by atoms with Crippen molar-refractivity contribution in [2.45, 2.75) is 18.0 Å². The molecule has 106 valence electrons. The van der Waals surface area contributed by atoms with Gasteiger partial charge >= 0.3 is 18.0 Å². The number of alkyl halides is 7. The van der Waals surface area contributed by atoms with Gasteiger partial charge in [0, 0.05) is 18.6 Å². The van der Waals surface area contributed by atoms with Crippen molar-refractivity contribution in [1.82, 2.24) is 4.98 Å². The van der Waals surface area contributed by atoms with Crippen LogP contribution in [-0.4, -0.2) is 35.8 Å². The Labute approximate surface area is 103 Å². The second-order valence-corrected chi connectivity index (χ2v) is 3.53. The van der Waals surface area contributed by atoms with Gasteiger partial charge in [0.2, 0.25) is 0 Å². The maximum atomic E-state index is 12.8. The van der Waals surface area contributed by atoms with Crippen LogP contribution in [0.5, 0.6) is 0 Å². The average Bonchev–Trinajstić information content (AvgIpc) is 2.28. The van der Waals surface area contributed by atoms with E-state index in [9.17, 15) is 30.7 Å². The molecule has 0 amide bonds. The lowest BCUT2D eigenvalue weighted by Crippen LogP contribution is -2.53. The average molecular weight is 288 g/mol. The van der Waals surface area contributed by atoms with Crippen molar-refractivity contribution in [2.24, 2.45) is 4.99 Å². The Hall–Kier alpha value is -1.67. The van der Waals surface area contributed by atoms with Crippen LogP contribution in [-0.2, 0) is 0 Å². The second-order valence-electron chi connectivity index (χ2n) is 3.53. The van der Waals surface area contributed by atoms with Crippen molar-refractivity contribution < 1.29 is 30.7 Å². The van der Waals surface area contributed by atoms with Gasteiger partial charge in [-0.05, 0) is 17.7 Å². The minimum atomic E-state index is -6.33. The number of hydrogen-bond acceptors (Lipinski definition) is 2. The lowest BCUT2D eigenvalue weighted by atomic mass is 10.1. The predicted molar refractivity (Wildman–Crippen MR) is 52.6 cm³/mol. The maximum absolute atomic E-state index is 12.8. The van der Waals surface area contributed by atoms with Gasteiger partial charge in [0.05, 0.1) is 0 Å². The zero-order chi connectivity index (χ0) is 14.7. The standard InChI is InChI=1S/C10H7F7N2/c11-8(12,9(13,14)10(15,16)17)6-19-5-7-1-3-18-4-2-7/h1-5H,6H2. The summed E-state index contributed by atoms with van der Waals surface area (Å²) >= 11 is 0. The van der Waals surface area contributed by atoms with Gasteiger partial charge in [-0.2, -0.15) is 30.7 Å². The Morgan fingerprint density at radius 1 is 1.00 bits per heavy atom. The molecule has 1 heterocycles. The molecule has 0 unspecified atom stereocenters. The molecule has 0 saturated carbocycles. The smallest absolute Gasteiger partial charge is 0.286 e. The van der Waals surface area contributed by atoms with Gasteiger partial charge in [-0.25, -0.2) is 0 Å². The third-order valence-electron chi connectivity index (χ3n) is 2.05. The monoisotopic (exact) mass is 288 g/mol. The molecule has 2 nitrogen and oxygen atoms in total. The number of nitrogens with zero attached hydrogens (tertiary/aromatic N) is 2. The van der Waals surface area contributed by atoms with Crippen LogP contribution in [0.25, 0.3) is 0 Å². The van der Waals surface area contributed by atoms with Crippen LogP contribution in [0.4, 0.5) is 30.7 Å². The van der Waals surface area contributed by atoms with Gasteiger partial charge in [0.15, 0.2) is 0 Å². The van der Waals surface area contributed by atoms with Crippen molar-refractivity contribution in [1.29, 1.82) is 0 Å². The molecule has 0 saturated heterocycles. The molecular formula is C10H7F7N2. The Balaban J connectivity index is 2.78. The van der Waals surface area contributed by atoms with Crippen LogP contribution in [0, 0.1) is 0 Å². The van der Waals surface area contributed by atoms with Crippen LogP contribution in [0.3, 0.4) is 0 Å². The first kappa shape index (κ1) is 15.4. The summed E-state index contributed by atoms with van der Waals surface area (Å²) in [7, 11) is 0. The van der Waals surface area contributed by atoms with Crippen molar-refractivity contribution >= 4 is 6.21 Å². The number of rotatable bonds is 4. The molecule has 9 heteroatoms. The highest BCUT2D eigenvalue weighted by Gasteiger charge is 2.72. The molecule has 0 N–H and O–H groups in total. The van der Waals surface area contributed by atoms with Crippen LogP contribution in [0.1, 0.15) is 5.56 Å². The Morgan fingerprint density at radius 2 is 1.53 bits per heavy atom. The molecule has 1 rings (SSSR count). The zero-order valence-corrected chi connectivity index (χ0v) is 9.13. The number of halogens is 7. The first-order chi connectivity index (χ1) is 8.58. The number of pyridine rings is 1. The fraction of sp³-hybridized carbons (Fsp3) is 0.400. The zero-order valence-electron chi connectivity index (χ0n) is 9.13. The van der Waals surface area contributed by atoms with Crippen molar-refractivity contribution in [3.8, 4) is 0 Å². The highest BCUT2D eigenvalue weighted by molar-refractivity contribution is 5.79. The van der Waals surface area contributed by atoms with Gasteiger partial charge in [-0.3, -0.25) is 9.98 Å². The van der Waals surface area contributed by atoms with E-state index < -0.39 is 24.6 Å². The maximum Gasteiger partial charge on any atom is 0.459 e. The highest BCUT2D eigenvalue weighted by Crippen LogP contribution is 2.46. The normalized spacial score (nSPS) is 14.1. The minimum absolute atomic E-state index is 0.251. The summed E-state index contributed by atoms with van der Waals surface area (Å²) in [4.78, 5) is 6.51. The lowest BCUT2D eigenvalue weighted by molar-refractivity contribution is -0.351. The molecular weight excluding hydrogens is 281 g/mol. The minimum Gasteiger partial charge on any atom is -0.286 e. The first-order valence-corrected chi connectivity index (χ1v) is 4.80. The summed E-state index contributed by atoms with van der Waals surface area (Å²) in [6, 6.07) is 2.65. The van der Waals surface area contributed by atoms with Crippen molar-refractivity contribution in [3.63, 3.8) is 0 Å². The van der Waals surface area contributed by atoms with Gasteiger partial charge in [0.1, 0.15) is 6.54 Å². The van der Waals surface area contributed by atoms with Crippen LogP contribution in [0.2, 0.25) is 0 Å². The van der Waals surface area contributed by atoms with Crippen LogP contribution in [0.15, 0.2) is 29.5 Å². The second kappa shape index (κ2) is 5.14. The third-order valence-corrected chi connectivity index (χ3v) is 2.05. The molecule has 19 heavy (non-hydrogen) atoms. The summed E-state index contributed by atoms with van der Waals surface area (Å²) in [5.41, 5.74) is 0.251. The molecule has 0 atom stereocenters. The van der Waals surface area contributed by atoms with Crippen molar-refractivity contribution in [2.75, 3.05) is 6.54 Å². The highest BCUT2D eigenvalue weighted by atomic mass is 19.4. The third kappa shape index (κ3) is 3.42. The quantitative estimate of drug-likeness (QED) is 0.616. The van der Waals surface area contributed by atoms with Gasteiger partial charge in [-0.1, -0.05) is 0 Å². The Morgan fingerprint density at radius 3 is 2.00 bits per heavy atom. The summed E-state index contributed by atoms with van der Waals surface area (Å²) in [6.07, 6.45) is -3.00. The van der Waals surface area contributed by atoms with E-state index in [4.69, 9.17) is 0 Å². The van der Waals surface area contributed by atoms with E-state index in [1.54, 1.807) is 0 Å². The van der Waals surface area contributed by atoms with Gasteiger partial charge < -0.3 is 0 Å². The lowest BCUT2D eigenvalue weighted by Gasteiger charge is -2.26. The van der Waals surface area contributed by atoms with E-state index in [1.165, 1.54) is 24.5 Å². The molecule has 0 aromatic carbocycles. The fourth-order valence-electron chi connectivity index (χ4n) is 1.02. The Bertz CT molecular complexity index is 439. The van der Waals surface area contributed by atoms with E-state index in [2.05, 4.69) is 9.98 Å². The van der Waals surface area contributed by atoms with Crippen molar-refractivity contribution in [3.05, 3.63) is 30.1 Å². The molecule has 0 bridgehead atoms. The summed E-state index contributed by atoms with van der Waals surface area (Å²) in [5, 5.41) is 0. The van der Waals surface area contributed by atoms with E-state index in [0.29, 0.717) is 0 Å². The fourth-order valence-corrected chi connectivity index (χ4v) is 1.02. The largest absolute Gasteiger partial charge is 0.459 e. The molecule has 0 aliphatic carbocycles. The summed E-state index contributed by atoms with van der Waals surface area (Å²) in [6.45, 7) is -1.97. The number of aromatic nitrogens is 1. The molecule has 0 aliphatic rings. The SMILES string of the molecule is FC(F)(F)C(F)(F)C(F)(F)CN=Cc1ccncc1. The topological polar surface area (TPSA) is 25.2 Å². The summed E-state index contributed by atoms with van der Waals surface area (Å²) in [5.74, 6) is -11.4. The molecule has 1 aromatic rings. The van der Waals surface area contributed by atoms with Gasteiger partial charge in [0.25, 0.3) is 0 Å². The molecule has 0 radical (unpaired) electrons. The molecule has 0 fully saturated rings. The first-order valence-electron chi connectivity index (χ1n) is 4.80. The van der Waals surface area contributed by atoms with E-state index in [1.807, 2.05) is 0 Å². The molecule has 1 aromatic heterocycles. The van der Waals surface area contributed by atoms with Gasteiger partial charge in [-0.15, -0.1) is 0 Å². The van der Waals surface area contributed by atoms with E-state index in [0.717, 1.165) is 6.21 Å². The number of aliphatic imine (C=N–C) groups is 1. The predicted octanol–water partition coefficient (Wildman–Crippen LogP) is 3.33. The molecule has 0 aliphatic heterocycles. The molecule has 0 spiro atoms. The van der Waals surface area contributed by atoms with E-state index >= 15 is 0 Å².